The summed E-state index contributed by atoms with van der Waals surface area (Å²) < 4.78 is 18.8. The van der Waals surface area contributed by atoms with E-state index in [4.69, 9.17) is 4.74 Å². The van der Waals surface area contributed by atoms with Crippen LogP contribution >= 0.6 is 0 Å². The van der Waals surface area contributed by atoms with Gasteiger partial charge in [-0.05, 0) is 73.5 Å². The molecule has 0 fully saturated rings. The van der Waals surface area contributed by atoms with Crippen LogP contribution in [0.25, 0.3) is 0 Å². The minimum atomic E-state index is -0.265. The Labute approximate surface area is 152 Å². The molecule has 0 unspecified atom stereocenters. The summed E-state index contributed by atoms with van der Waals surface area (Å²) >= 11 is 0. The van der Waals surface area contributed by atoms with Crippen LogP contribution in [0.4, 0.5) is 4.39 Å². The molecule has 0 N–H and O–H groups in total. The van der Waals surface area contributed by atoms with Crippen molar-refractivity contribution in [1.29, 1.82) is 0 Å². The van der Waals surface area contributed by atoms with Gasteiger partial charge in [0.05, 0.1) is 11.4 Å². The standard InChI is InChI=1S/C22H19FN2O/c1-16(18-8-12-20(23)13-9-18)24-25-17(2)19-10-14-22(15-11-19)26-21-6-4-3-5-7-21/h3-15H,1-2H3/b24-16+,25-17+. The Morgan fingerprint density at radius 2 is 1.12 bits per heavy atom. The molecule has 3 rings (SSSR count). The van der Waals surface area contributed by atoms with Crippen LogP contribution in [0.15, 0.2) is 89.1 Å². The van der Waals surface area contributed by atoms with Crippen LogP contribution in [0, 0.1) is 5.82 Å². The van der Waals surface area contributed by atoms with Crippen molar-refractivity contribution in [3.8, 4) is 11.5 Å². The van der Waals surface area contributed by atoms with Crippen molar-refractivity contribution in [3.05, 3.63) is 95.8 Å². The Kier molecular flexibility index (Phi) is 5.54. The summed E-state index contributed by atoms with van der Waals surface area (Å²) in [6.45, 7) is 3.75. The SMILES string of the molecule is C/C(=N\N=C(/C)c1ccc(Oc2ccccc2)cc1)c1ccc(F)cc1. The highest BCUT2D eigenvalue weighted by molar-refractivity contribution is 6.01. The van der Waals surface area contributed by atoms with E-state index in [0.717, 1.165) is 34.0 Å². The van der Waals surface area contributed by atoms with Crippen molar-refractivity contribution in [3.63, 3.8) is 0 Å². The number of benzene rings is 3. The molecule has 3 nitrogen and oxygen atoms in total. The number of nitrogens with zero attached hydrogens (tertiary/aromatic N) is 2. The van der Waals surface area contributed by atoms with E-state index in [-0.39, 0.29) is 5.82 Å². The van der Waals surface area contributed by atoms with Crippen LogP contribution in [0.2, 0.25) is 0 Å². The van der Waals surface area contributed by atoms with Crippen molar-refractivity contribution in [2.45, 2.75) is 13.8 Å². The first-order valence-corrected chi connectivity index (χ1v) is 8.30. The molecule has 0 saturated heterocycles. The second-order valence-corrected chi connectivity index (χ2v) is 5.82. The first-order chi connectivity index (χ1) is 12.6. The number of para-hydroxylation sites is 1. The van der Waals surface area contributed by atoms with Crippen LogP contribution in [0.1, 0.15) is 25.0 Å². The van der Waals surface area contributed by atoms with Crippen LogP contribution in [0.5, 0.6) is 11.5 Å². The van der Waals surface area contributed by atoms with Gasteiger partial charge in [0.15, 0.2) is 0 Å². The molecule has 4 heteroatoms. The van der Waals surface area contributed by atoms with Crippen molar-refractivity contribution in [2.75, 3.05) is 0 Å². The lowest BCUT2D eigenvalue weighted by atomic mass is 10.1. The number of rotatable bonds is 5. The van der Waals surface area contributed by atoms with Gasteiger partial charge in [-0.2, -0.15) is 10.2 Å². The normalized spacial score (nSPS) is 12.1. The van der Waals surface area contributed by atoms with Crippen molar-refractivity contribution in [1.82, 2.24) is 0 Å². The molecular formula is C22H19FN2O. The van der Waals surface area contributed by atoms with Gasteiger partial charge in [-0.25, -0.2) is 4.39 Å². The lowest BCUT2D eigenvalue weighted by molar-refractivity contribution is 0.482. The molecular weight excluding hydrogens is 327 g/mol. The molecule has 3 aromatic carbocycles. The number of hydrogen-bond acceptors (Lipinski definition) is 3. The average molecular weight is 346 g/mol. The highest BCUT2D eigenvalue weighted by Crippen LogP contribution is 2.21. The monoisotopic (exact) mass is 346 g/mol. The van der Waals surface area contributed by atoms with E-state index >= 15 is 0 Å². The minimum absolute atomic E-state index is 0.265. The zero-order valence-electron chi connectivity index (χ0n) is 14.7. The third kappa shape index (κ3) is 4.63. The summed E-state index contributed by atoms with van der Waals surface area (Å²) in [6.07, 6.45) is 0. The summed E-state index contributed by atoms with van der Waals surface area (Å²) in [5.74, 6) is 1.29. The van der Waals surface area contributed by atoms with E-state index in [0.29, 0.717) is 0 Å². The molecule has 0 radical (unpaired) electrons. The second kappa shape index (κ2) is 8.21. The maximum atomic E-state index is 13.0. The average Bonchev–Trinajstić information content (AvgIpc) is 2.68. The smallest absolute Gasteiger partial charge is 0.127 e. The molecule has 26 heavy (non-hydrogen) atoms. The Hall–Kier alpha value is -3.27. The first-order valence-electron chi connectivity index (χ1n) is 8.30. The molecule has 0 aliphatic rings. The van der Waals surface area contributed by atoms with Gasteiger partial charge in [-0.3, -0.25) is 0 Å². The molecule has 0 aliphatic carbocycles. The molecule has 130 valence electrons. The Morgan fingerprint density at radius 3 is 1.65 bits per heavy atom. The second-order valence-electron chi connectivity index (χ2n) is 5.82. The highest BCUT2D eigenvalue weighted by Gasteiger charge is 2.01. The minimum Gasteiger partial charge on any atom is -0.457 e. The van der Waals surface area contributed by atoms with Crippen molar-refractivity contribution < 1.29 is 9.13 Å². The van der Waals surface area contributed by atoms with Crippen LogP contribution < -0.4 is 4.74 Å². The van der Waals surface area contributed by atoms with Crippen molar-refractivity contribution >= 4 is 11.4 Å². The van der Waals surface area contributed by atoms with Gasteiger partial charge in [0.2, 0.25) is 0 Å². The van der Waals surface area contributed by atoms with E-state index in [2.05, 4.69) is 10.2 Å². The predicted molar refractivity (Wildman–Crippen MR) is 104 cm³/mol. The topological polar surface area (TPSA) is 34.0 Å². The summed E-state index contributed by atoms with van der Waals surface area (Å²) in [6, 6.07) is 23.5. The maximum Gasteiger partial charge on any atom is 0.127 e. The van der Waals surface area contributed by atoms with Crippen LogP contribution in [-0.4, -0.2) is 11.4 Å². The molecule has 0 atom stereocenters. The largest absolute Gasteiger partial charge is 0.457 e. The Balaban J connectivity index is 1.70. The Morgan fingerprint density at radius 1 is 0.654 bits per heavy atom. The van der Waals surface area contributed by atoms with Crippen LogP contribution in [0.3, 0.4) is 0 Å². The number of hydrogen-bond donors (Lipinski definition) is 0. The summed E-state index contributed by atoms with van der Waals surface area (Å²) in [7, 11) is 0. The molecule has 0 aromatic heterocycles. The fraction of sp³-hybridized carbons (Fsp3) is 0.0909. The van der Waals surface area contributed by atoms with Gasteiger partial charge in [0.1, 0.15) is 17.3 Å². The summed E-state index contributed by atoms with van der Waals surface area (Å²) in [5, 5.41) is 8.52. The van der Waals surface area contributed by atoms with Gasteiger partial charge in [0.25, 0.3) is 0 Å². The van der Waals surface area contributed by atoms with Gasteiger partial charge in [-0.1, -0.05) is 30.3 Å². The van der Waals surface area contributed by atoms with E-state index in [1.807, 2.05) is 68.4 Å². The van der Waals surface area contributed by atoms with Gasteiger partial charge < -0.3 is 4.74 Å². The molecule has 0 amide bonds. The zero-order chi connectivity index (χ0) is 18.4. The van der Waals surface area contributed by atoms with Gasteiger partial charge in [0, 0.05) is 0 Å². The maximum absolute atomic E-state index is 13.0. The van der Waals surface area contributed by atoms with E-state index in [9.17, 15) is 4.39 Å². The number of ether oxygens (including phenoxy) is 1. The first kappa shape index (κ1) is 17.5. The summed E-state index contributed by atoms with van der Waals surface area (Å²) in [5.41, 5.74) is 3.32. The van der Waals surface area contributed by atoms with E-state index in [1.165, 1.54) is 12.1 Å². The summed E-state index contributed by atoms with van der Waals surface area (Å²) in [4.78, 5) is 0. The Bertz CT molecular complexity index is 915. The molecule has 0 spiro atoms. The lowest BCUT2D eigenvalue weighted by Gasteiger charge is -2.06. The van der Waals surface area contributed by atoms with Gasteiger partial charge in [-0.15, -0.1) is 0 Å². The number of halogens is 1. The highest BCUT2D eigenvalue weighted by atomic mass is 19.1. The lowest BCUT2D eigenvalue weighted by Crippen LogP contribution is -1.97. The molecule has 0 heterocycles. The fourth-order valence-electron chi connectivity index (χ4n) is 2.35. The molecule has 0 bridgehead atoms. The molecule has 0 saturated carbocycles. The third-order valence-electron chi connectivity index (χ3n) is 3.86. The van der Waals surface area contributed by atoms with Gasteiger partial charge >= 0.3 is 0 Å². The third-order valence-corrected chi connectivity index (χ3v) is 3.86. The fourth-order valence-corrected chi connectivity index (χ4v) is 2.35. The quantitative estimate of drug-likeness (QED) is 0.421. The van der Waals surface area contributed by atoms with E-state index in [1.54, 1.807) is 12.1 Å². The van der Waals surface area contributed by atoms with E-state index < -0.39 is 0 Å². The molecule has 0 aliphatic heterocycles. The van der Waals surface area contributed by atoms with Crippen molar-refractivity contribution in [2.24, 2.45) is 10.2 Å². The van der Waals surface area contributed by atoms with Crippen LogP contribution in [-0.2, 0) is 0 Å². The predicted octanol–water partition coefficient (Wildman–Crippen LogP) is 5.85. The zero-order valence-corrected chi connectivity index (χ0v) is 14.7. The molecule has 3 aromatic rings.